The molecule has 0 saturated heterocycles. The van der Waals surface area contributed by atoms with E-state index in [0.29, 0.717) is 0 Å². The highest BCUT2D eigenvalue weighted by Gasteiger charge is 2.10. The fourth-order valence-corrected chi connectivity index (χ4v) is 2.74. The van der Waals surface area contributed by atoms with Crippen LogP contribution in [-0.2, 0) is 6.42 Å². The van der Waals surface area contributed by atoms with Gasteiger partial charge in [-0.05, 0) is 44.5 Å². The standard InChI is InChI=1S/C16H21BrN4/c1-5-14-20-15(18-6-2)11(4)16(21-14)19-13-8-10(3)7-12(17)9-13/h7-9H,5-6H2,1-4H3,(H2,18,19,20,21). The van der Waals surface area contributed by atoms with Gasteiger partial charge < -0.3 is 10.6 Å². The lowest BCUT2D eigenvalue weighted by molar-refractivity contribution is 0.930. The van der Waals surface area contributed by atoms with Crippen molar-refractivity contribution in [3.05, 3.63) is 39.6 Å². The van der Waals surface area contributed by atoms with Gasteiger partial charge in [-0.3, -0.25) is 0 Å². The second-order valence-corrected chi connectivity index (χ2v) is 5.90. The van der Waals surface area contributed by atoms with Crippen molar-refractivity contribution in [2.75, 3.05) is 17.2 Å². The second-order valence-electron chi connectivity index (χ2n) is 4.99. The van der Waals surface area contributed by atoms with E-state index in [0.717, 1.165) is 46.1 Å². The Labute approximate surface area is 134 Å². The van der Waals surface area contributed by atoms with Crippen molar-refractivity contribution >= 4 is 33.3 Å². The van der Waals surface area contributed by atoms with Gasteiger partial charge in [0.1, 0.15) is 17.5 Å². The number of benzene rings is 1. The predicted octanol–water partition coefficient (Wildman–Crippen LogP) is 4.59. The first-order valence-electron chi connectivity index (χ1n) is 7.19. The van der Waals surface area contributed by atoms with Crippen molar-refractivity contribution in [2.24, 2.45) is 0 Å². The summed E-state index contributed by atoms with van der Waals surface area (Å²) in [5, 5.41) is 6.71. The first-order chi connectivity index (χ1) is 10.0. The minimum atomic E-state index is 0.810. The Balaban J connectivity index is 2.40. The lowest BCUT2D eigenvalue weighted by atomic mass is 10.2. The maximum absolute atomic E-state index is 4.61. The molecule has 5 heteroatoms. The highest BCUT2D eigenvalue weighted by molar-refractivity contribution is 9.10. The Hall–Kier alpha value is -1.62. The number of anilines is 3. The summed E-state index contributed by atoms with van der Waals surface area (Å²) in [5.74, 6) is 2.60. The summed E-state index contributed by atoms with van der Waals surface area (Å²) in [7, 11) is 0. The summed E-state index contributed by atoms with van der Waals surface area (Å²) < 4.78 is 1.05. The number of halogens is 1. The zero-order valence-electron chi connectivity index (χ0n) is 12.9. The largest absolute Gasteiger partial charge is 0.370 e. The number of aromatic nitrogens is 2. The maximum Gasteiger partial charge on any atom is 0.139 e. The summed E-state index contributed by atoms with van der Waals surface area (Å²) in [4.78, 5) is 9.16. The third-order valence-corrected chi connectivity index (χ3v) is 3.62. The van der Waals surface area contributed by atoms with Crippen LogP contribution < -0.4 is 10.6 Å². The molecule has 0 saturated carbocycles. The lowest BCUT2D eigenvalue weighted by Crippen LogP contribution is -2.09. The van der Waals surface area contributed by atoms with Gasteiger partial charge in [0.15, 0.2) is 0 Å². The predicted molar refractivity (Wildman–Crippen MR) is 92.5 cm³/mol. The molecule has 1 aromatic heterocycles. The van der Waals surface area contributed by atoms with E-state index in [4.69, 9.17) is 0 Å². The van der Waals surface area contributed by atoms with E-state index in [9.17, 15) is 0 Å². The normalized spacial score (nSPS) is 10.5. The van der Waals surface area contributed by atoms with Crippen molar-refractivity contribution in [3.63, 3.8) is 0 Å². The zero-order valence-corrected chi connectivity index (χ0v) is 14.5. The van der Waals surface area contributed by atoms with Gasteiger partial charge in [-0.25, -0.2) is 9.97 Å². The second kappa shape index (κ2) is 6.89. The number of nitrogens with zero attached hydrogens (tertiary/aromatic N) is 2. The quantitative estimate of drug-likeness (QED) is 0.829. The Bertz CT molecular complexity index is 620. The molecule has 0 aliphatic heterocycles. The van der Waals surface area contributed by atoms with E-state index in [2.05, 4.69) is 69.4 Å². The van der Waals surface area contributed by atoms with Crippen LogP contribution in [0.2, 0.25) is 0 Å². The van der Waals surface area contributed by atoms with Crippen LogP contribution in [0.1, 0.15) is 30.8 Å². The topological polar surface area (TPSA) is 49.8 Å². The van der Waals surface area contributed by atoms with Crippen molar-refractivity contribution in [3.8, 4) is 0 Å². The van der Waals surface area contributed by atoms with E-state index in [1.807, 2.05) is 13.0 Å². The summed E-state index contributed by atoms with van der Waals surface area (Å²) in [6, 6.07) is 6.23. The summed E-state index contributed by atoms with van der Waals surface area (Å²) in [6.07, 6.45) is 0.810. The molecule has 1 heterocycles. The number of hydrogen-bond donors (Lipinski definition) is 2. The van der Waals surface area contributed by atoms with Crippen LogP contribution in [0, 0.1) is 13.8 Å². The lowest BCUT2D eigenvalue weighted by Gasteiger charge is -2.14. The first kappa shape index (κ1) is 15.8. The molecule has 0 unspecified atom stereocenters. The van der Waals surface area contributed by atoms with E-state index < -0.39 is 0 Å². The smallest absolute Gasteiger partial charge is 0.139 e. The van der Waals surface area contributed by atoms with Gasteiger partial charge in [0.25, 0.3) is 0 Å². The molecular formula is C16H21BrN4. The van der Waals surface area contributed by atoms with E-state index in [1.54, 1.807) is 0 Å². The molecule has 0 radical (unpaired) electrons. The summed E-state index contributed by atoms with van der Waals surface area (Å²) in [5.41, 5.74) is 3.25. The van der Waals surface area contributed by atoms with Gasteiger partial charge in [0.05, 0.1) is 0 Å². The molecule has 1 aromatic carbocycles. The highest BCUT2D eigenvalue weighted by Crippen LogP contribution is 2.26. The molecule has 0 fully saturated rings. The van der Waals surface area contributed by atoms with Crippen LogP contribution in [0.4, 0.5) is 17.3 Å². The molecule has 0 atom stereocenters. The van der Waals surface area contributed by atoms with Gasteiger partial charge >= 0.3 is 0 Å². The van der Waals surface area contributed by atoms with E-state index in [1.165, 1.54) is 5.56 Å². The van der Waals surface area contributed by atoms with Crippen molar-refractivity contribution in [1.82, 2.24) is 9.97 Å². The molecule has 21 heavy (non-hydrogen) atoms. The molecule has 0 bridgehead atoms. The van der Waals surface area contributed by atoms with Gasteiger partial charge in [-0.15, -0.1) is 0 Å². The number of rotatable bonds is 5. The molecule has 0 aliphatic rings. The fraction of sp³-hybridized carbons (Fsp3) is 0.375. The summed E-state index contributed by atoms with van der Waals surface area (Å²) >= 11 is 3.53. The Morgan fingerprint density at radius 1 is 1.05 bits per heavy atom. The van der Waals surface area contributed by atoms with Crippen molar-refractivity contribution in [1.29, 1.82) is 0 Å². The van der Waals surface area contributed by atoms with Crippen LogP contribution in [0.15, 0.2) is 22.7 Å². The monoisotopic (exact) mass is 348 g/mol. The van der Waals surface area contributed by atoms with Crippen LogP contribution in [0.5, 0.6) is 0 Å². The highest BCUT2D eigenvalue weighted by atomic mass is 79.9. The molecule has 0 aliphatic carbocycles. The van der Waals surface area contributed by atoms with Crippen molar-refractivity contribution in [2.45, 2.75) is 34.1 Å². The van der Waals surface area contributed by atoms with Crippen LogP contribution >= 0.6 is 15.9 Å². The summed E-state index contributed by atoms with van der Waals surface area (Å²) in [6.45, 7) is 9.08. The van der Waals surface area contributed by atoms with Crippen LogP contribution in [-0.4, -0.2) is 16.5 Å². The zero-order chi connectivity index (χ0) is 15.4. The minimum Gasteiger partial charge on any atom is -0.370 e. The maximum atomic E-state index is 4.61. The third kappa shape index (κ3) is 3.94. The number of aryl methyl sites for hydroxylation is 2. The van der Waals surface area contributed by atoms with Gasteiger partial charge in [0.2, 0.25) is 0 Å². The van der Waals surface area contributed by atoms with Crippen molar-refractivity contribution < 1.29 is 0 Å². The minimum absolute atomic E-state index is 0.810. The molecule has 0 amide bonds. The molecule has 2 rings (SSSR count). The first-order valence-corrected chi connectivity index (χ1v) is 7.98. The molecular weight excluding hydrogens is 328 g/mol. The average Bonchev–Trinajstić information content (AvgIpc) is 2.42. The molecule has 2 aromatic rings. The number of nitrogens with one attached hydrogen (secondary N) is 2. The van der Waals surface area contributed by atoms with Crippen LogP contribution in [0.25, 0.3) is 0 Å². The molecule has 0 spiro atoms. The Kier molecular flexibility index (Phi) is 5.17. The molecule has 112 valence electrons. The average molecular weight is 349 g/mol. The SMILES string of the molecule is CCNc1nc(CC)nc(Nc2cc(C)cc(Br)c2)c1C. The van der Waals surface area contributed by atoms with E-state index >= 15 is 0 Å². The van der Waals surface area contributed by atoms with Gasteiger partial charge in [0, 0.05) is 28.7 Å². The Morgan fingerprint density at radius 2 is 1.76 bits per heavy atom. The van der Waals surface area contributed by atoms with E-state index in [-0.39, 0.29) is 0 Å². The number of hydrogen-bond acceptors (Lipinski definition) is 4. The fourth-order valence-electron chi connectivity index (χ4n) is 2.13. The third-order valence-electron chi connectivity index (χ3n) is 3.16. The van der Waals surface area contributed by atoms with Gasteiger partial charge in [-0.1, -0.05) is 22.9 Å². The molecule has 4 nitrogen and oxygen atoms in total. The molecule has 2 N–H and O–H groups in total. The Morgan fingerprint density at radius 3 is 2.38 bits per heavy atom. The van der Waals surface area contributed by atoms with Crippen LogP contribution in [0.3, 0.4) is 0 Å². The van der Waals surface area contributed by atoms with Gasteiger partial charge in [-0.2, -0.15) is 0 Å².